The highest BCUT2D eigenvalue weighted by atomic mass is 14.7. The van der Waals surface area contributed by atoms with Gasteiger partial charge in [0.15, 0.2) is 0 Å². The van der Waals surface area contributed by atoms with E-state index in [2.05, 4.69) is 11.2 Å². The zero-order valence-electron chi connectivity index (χ0n) is 8.47. The van der Waals surface area contributed by atoms with Crippen molar-refractivity contribution in [2.45, 2.75) is 51.4 Å². The zero-order valence-corrected chi connectivity index (χ0v) is 8.47. The maximum atomic E-state index is 4.24. The first-order valence-electron chi connectivity index (χ1n) is 5.89. The topological polar surface area (TPSA) is 12.4 Å². The monoisotopic (exact) mass is 178 g/mol. The Kier molecular flexibility index (Phi) is 3.40. The fourth-order valence-corrected chi connectivity index (χ4v) is 2.68. The minimum atomic E-state index is 0.720. The molecule has 0 amide bonds. The van der Waals surface area contributed by atoms with Gasteiger partial charge in [0.05, 0.1) is 6.21 Å². The van der Waals surface area contributed by atoms with Gasteiger partial charge < -0.3 is 0 Å². The third kappa shape index (κ3) is 2.55. The van der Waals surface area contributed by atoms with Crippen molar-refractivity contribution in [3.8, 4) is 0 Å². The Balaban J connectivity index is 1.84. The molecule has 1 fully saturated rings. The van der Waals surface area contributed by atoms with Crippen LogP contribution < -0.4 is 0 Å². The van der Waals surface area contributed by atoms with E-state index in [9.17, 15) is 0 Å². The quantitative estimate of drug-likeness (QED) is 0.584. The van der Waals surface area contributed by atoms with Gasteiger partial charge in [-0.3, -0.25) is 4.99 Å². The SMILES string of the molecule is [C]1=NCCC1C1CCCCCCC1. The van der Waals surface area contributed by atoms with Crippen LogP contribution in [0.4, 0.5) is 0 Å². The Morgan fingerprint density at radius 2 is 1.54 bits per heavy atom. The number of hydrogen-bond acceptors (Lipinski definition) is 1. The largest absolute Gasteiger partial charge is 0.288 e. The maximum Gasteiger partial charge on any atom is 0.0595 e. The minimum absolute atomic E-state index is 0.720. The van der Waals surface area contributed by atoms with Gasteiger partial charge in [0, 0.05) is 12.5 Å². The van der Waals surface area contributed by atoms with Crippen LogP contribution in [0.5, 0.6) is 0 Å². The second-order valence-electron chi connectivity index (χ2n) is 4.51. The van der Waals surface area contributed by atoms with Crippen LogP contribution in [0.25, 0.3) is 0 Å². The summed E-state index contributed by atoms with van der Waals surface area (Å²) in [7, 11) is 0. The molecule has 1 aliphatic heterocycles. The van der Waals surface area contributed by atoms with E-state index in [0.717, 1.165) is 18.4 Å². The number of hydrogen-bond donors (Lipinski definition) is 0. The van der Waals surface area contributed by atoms with Gasteiger partial charge in [0.1, 0.15) is 0 Å². The molecule has 1 unspecified atom stereocenters. The Morgan fingerprint density at radius 1 is 0.846 bits per heavy atom. The van der Waals surface area contributed by atoms with Crippen molar-refractivity contribution in [1.82, 2.24) is 0 Å². The lowest BCUT2D eigenvalue weighted by Crippen LogP contribution is -2.15. The van der Waals surface area contributed by atoms with Crippen molar-refractivity contribution in [3.05, 3.63) is 0 Å². The lowest BCUT2D eigenvalue weighted by Gasteiger charge is -2.23. The molecule has 1 radical (unpaired) electrons. The van der Waals surface area contributed by atoms with Gasteiger partial charge in [0.25, 0.3) is 0 Å². The predicted octanol–water partition coefficient (Wildman–Crippen LogP) is 3.31. The van der Waals surface area contributed by atoms with E-state index >= 15 is 0 Å². The molecule has 1 heteroatoms. The lowest BCUT2D eigenvalue weighted by molar-refractivity contribution is 0.320. The van der Waals surface area contributed by atoms with Crippen molar-refractivity contribution < 1.29 is 0 Å². The van der Waals surface area contributed by atoms with Gasteiger partial charge in [-0.15, -0.1) is 0 Å². The summed E-state index contributed by atoms with van der Waals surface area (Å²) >= 11 is 0. The van der Waals surface area contributed by atoms with Gasteiger partial charge >= 0.3 is 0 Å². The second kappa shape index (κ2) is 4.78. The fraction of sp³-hybridized carbons (Fsp3) is 0.917. The summed E-state index contributed by atoms with van der Waals surface area (Å²) in [6, 6.07) is 0. The molecule has 1 atom stereocenters. The highest BCUT2D eigenvalue weighted by Crippen LogP contribution is 2.30. The molecule has 0 N–H and O–H groups in total. The molecule has 13 heavy (non-hydrogen) atoms. The molecule has 0 bridgehead atoms. The summed E-state index contributed by atoms with van der Waals surface area (Å²) in [5, 5.41) is 0. The van der Waals surface area contributed by atoms with Crippen LogP contribution in [0, 0.1) is 11.8 Å². The van der Waals surface area contributed by atoms with Gasteiger partial charge in [-0.2, -0.15) is 0 Å². The Morgan fingerprint density at radius 3 is 2.15 bits per heavy atom. The Bertz CT molecular complexity index is 166. The van der Waals surface area contributed by atoms with Crippen molar-refractivity contribution in [1.29, 1.82) is 0 Å². The van der Waals surface area contributed by atoms with Crippen LogP contribution in [0.1, 0.15) is 51.4 Å². The van der Waals surface area contributed by atoms with Gasteiger partial charge in [0.2, 0.25) is 0 Å². The molecular weight excluding hydrogens is 158 g/mol. The Labute approximate surface area is 81.6 Å². The van der Waals surface area contributed by atoms with Crippen LogP contribution in [-0.2, 0) is 0 Å². The first-order valence-corrected chi connectivity index (χ1v) is 5.89. The molecule has 1 heterocycles. The summed E-state index contributed by atoms with van der Waals surface area (Å²) in [5.74, 6) is 1.64. The van der Waals surface area contributed by atoms with Gasteiger partial charge in [-0.25, -0.2) is 0 Å². The lowest BCUT2D eigenvalue weighted by atomic mass is 9.82. The number of nitrogens with zero attached hydrogens (tertiary/aromatic N) is 1. The molecule has 0 saturated heterocycles. The third-order valence-corrected chi connectivity index (χ3v) is 3.53. The standard InChI is InChI=1S/C12H20N/c1-2-4-6-11(7-5-3-1)12-8-9-13-10-12/h11-12H,1-9H2. The zero-order chi connectivity index (χ0) is 8.93. The summed E-state index contributed by atoms with van der Waals surface area (Å²) in [6.07, 6.45) is 14.7. The van der Waals surface area contributed by atoms with Gasteiger partial charge in [-0.05, 0) is 25.2 Å². The van der Waals surface area contributed by atoms with E-state index in [0.29, 0.717) is 0 Å². The molecule has 2 aliphatic rings. The highest BCUT2D eigenvalue weighted by molar-refractivity contribution is 5.63. The molecular formula is C12H20N. The smallest absolute Gasteiger partial charge is 0.0595 e. The average molecular weight is 178 g/mol. The molecule has 0 aromatic rings. The van der Waals surface area contributed by atoms with Crippen LogP contribution in [-0.4, -0.2) is 12.8 Å². The minimum Gasteiger partial charge on any atom is -0.288 e. The molecule has 2 rings (SSSR count). The molecule has 0 aromatic heterocycles. The average Bonchev–Trinajstić information content (AvgIpc) is 2.55. The molecule has 0 spiro atoms. The predicted molar refractivity (Wildman–Crippen MR) is 56.2 cm³/mol. The first-order chi connectivity index (χ1) is 6.47. The molecule has 1 nitrogen and oxygen atoms in total. The van der Waals surface area contributed by atoms with E-state index in [4.69, 9.17) is 0 Å². The third-order valence-electron chi connectivity index (χ3n) is 3.53. The number of aliphatic imine (C=N–C) groups is 1. The fourth-order valence-electron chi connectivity index (χ4n) is 2.68. The second-order valence-corrected chi connectivity index (χ2v) is 4.51. The molecule has 73 valence electrons. The number of rotatable bonds is 1. The van der Waals surface area contributed by atoms with Crippen LogP contribution in [0.3, 0.4) is 0 Å². The first kappa shape index (κ1) is 9.23. The summed E-state index contributed by atoms with van der Waals surface area (Å²) in [4.78, 5) is 4.24. The highest BCUT2D eigenvalue weighted by Gasteiger charge is 2.22. The van der Waals surface area contributed by atoms with Crippen LogP contribution in [0.15, 0.2) is 4.99 Å². The summed E-state index contributed by atoms with van der Waals surface area (Å²) in [5.41, 5.74) is 0. The van der Waals surface area contributed by atoms with Crippen LogP contribution >= 0.6 is 0 Å². The molecule has 1 aliphatic carbocycles. The van der Waals surface area contributed by atoms with Crippen LogP contribution in [0.2, 0.25) is 0 Å². The van der Waals surface area contributed by atoms with E-state index in [1.54, 1.807) is 0 Å². The summed E-state index contributed by atoms with van der Waals surface area (Å²) in [6.45, 7) is 1.04. The van der Waals surface area contributed by atoms with E-state index in [-0.39, 0.29) is 0 Å². The molecule has 1 saturated carbocycles. The van der Waals surface area contributed by atoms with Crippen molar-refractivity contribution in [2.24, 2.45) is 16.8 Å². The normalized spacial score (nSPS) is 31.5. The van der Waals surface area contributed by atoms with Crippen molar-refractivity contribution >= 4 is 6.21 Å². The van der Waals surface area contributed by atoms with Crippen molar-refractivity contribution in [2.75, 3.05) is 6.54 Å². The van der Waals surface area contributed by atoms with Crippen molar-refractivity contribution in [3.63, 3.8) is 0 Å². The van der Waals surface area contributed by atoms with Gasteiger partial charge in [-0.1, -0.05) is 32.1 Å². The summed E-state index contributed by atoms with van der Waals surface area (Å²) < 4.78 is 0. The maximum absolute atomic E-state index is 4.24. The molecule has 0 aromatic carbocycles. The van der Waals surface area contributed by atoms with E-state index in [1.165, 1.54) is 51.4 Å². The Hall–Kier alpha value is -0.330. The van der Waals surface area contributed by atoms with E-state index < -0.39 is 0 Å². The van der Waals surface area contributed by atoms with E-state index in [1.807, 2.05) is 0 Å².